The fourth-order valence-corrected chi connectivity index (χ4v) is 2.31. The maximum absolute atomic E-state index is 4.68. The standard InChI is InChI=1S/C16H31N3/c1-5-8-15(17-12-6-2)9-10-16-11-13-19(18-16)14(4)7-3/h11,13-15,17H,5-10,12H2,1-4H3. The molecule has 3 heteroatoms. The Morgan fingerprint density at radius 3 is 2.63 bits per heavy atom. The Balaban J connectivity index is 2.42. The van der Waals surface area contributed by atoms with Crippen molar-refractivity contribution in [2.24, 2.45) is 0 Å². The summed E-state index contributed by atoms with van der Waals surface area (Å²) in [5.74, 6) is 0. The van der Waals surface area contributed by atoms with Gasteiger partial charge in [0.2, 0.25) is 0 Å². The zero-order valence-corrected chi connectivity index (χ0v) is 13.2. The molecule has 1 N–H and O–H groups in total. The monoisotopic (exact) mass is 265 g/mol. The number of aryl methyl sites for hydroxylation is 1. The lowest BCUT2D eigenvalue weighted by atomic mass is 10.0. The highest BCUT2D eigenvalue weighted by molar-refractivity contribution is 5.00. The first kappa shape index (κ1) is 16.2. The number of hydrogen-bond acceptors (Lipinski definition) is 2. The van der Waals surface area contributed by atoms with Crippen molar-refractivity contribution < 1.29 is 0 Å². The normalized spacial score (nSPS) is 14.5. The maximum atomic E-state index is 4.68. The lowest BCUT2D eigenvalue weighted by molar-refractivity contribution is 0.441. The SMILES string of the molecule is CCCNC(CCC)CCc1ccn(C(C)CC)n1. The zero-order chi connectivity index (χ0) is 14.1. The Morgan fingerprint density at radius 1 is 1.21 bits per heavy atom. The second-order valence-corrected chi connectivity index (χ2v) is 5.52. The van der Waals surface area contributed by atoms with Crippen molar-refractivity contribution in [2.45, 2.75) is 78.3 Å². The van der Waals surface area contributed by atoms with Crippen LogP contribution in [0.1, 0.15) is 71.5 Å². The summed E-state index contributed by atoms with van der Waals surface area (Å²) in [5.41, 5.74) is 1.24. The van der Waals surface area contributed by atoms with Crippen molar-refractivity contribution in [3.05, 3.63) is 18.0 Å². The second-order valence-electron chi connectivity index (χ2n) is 5.52. The van der Waals surface area contributed by atoms with Crippen LogP contribution in [0.4, 0.5) is 0 Å². The first-order chi connectivity index (χ1) is 9.21. The molecule has 0 saturated carbocycles. The van der Waals surface area contributed by atoms with Crippen LogP contribution in [0.2, 0.25) is 0 Å². The Kier molecular flexibility index (Phi) is 7.80. The van der Waals surface area contributed by atoms with E-state index >= 15 is 0 Å². The highest BCUT2D eigenvalue weighted by atomic mass is 15.3. The van der Waals surface area contributed by atoms with E-state index in [4.69, 9.17) is 0 Å². The quantitative estimate of drug-likeness (QED) is 0.694. The number of nitrogens with zero attached hydrogens (tertiary/aromatic N) is 2. The van der Waals surface area contributed by atoms with E-state index in [0.717, 1.165) is 19.4 Å². The molecule has 1 aromatic heterocycles. The minimum Gasteiger partial charge on any atom is -0.314 e. The third-order valence-electron chi connectivity index (χ3n) is 3.78. The number of aromatic nitrogens is 2. The van der Waals surface area contributed by atoms with Crippen molar-refractivity contribution in [2.75, 3.05) is 6.54 Å². The summed E-state index contributed by atoms with van der Waals surface area (Å²) in [5, 5.41) is 8.33. The van der Waals surface area contributed by atoms with Crippen LogP contribution < -0.4 is 5.32 Å². The lowest BCUT2D eigenvalue weighted by Crippen LogP contribution is -2.30. The molecular weight excluding hydrogens is 234 g/mol. The molecule has 0 spiro atoms. The highest BCUT2D eigenvalue weighted by Gasteiger charge is 2.09. The molecule has 2 atom stereocenters. The van der Waals surface area contributed by atoms with Gasteiger partial charge in [-0.05, 0) is 51.6 Å². The van der Waals surface area contributed by atoms with E-state index in [1.807, 2.05) is 0 Å². The van der Waals surface area contributed by atoms with Gasteiger partial charge in [-0.15, -0.1) is 0 Å². The Hall–Kier alpha value is -0.830. The van der Waals surface area contributed by atoms with Crippen LogP contribution in [-0.4, -0.2) is 22.4 Å². The molecular formula is C16H31N3. The first-order valence-corrected chi connectivity index (χ1v) is 7.98. The predicted molar refractivity (Wildman–Crippen MR) is 82.5 cm³/mol. The summed E-state index contributed by atoms with van der Waals surface area (Å²) >= 11 is 0. The highest BCUT2D eigenvalue weighted by Crippen LogP contribution is 2.12. The largest absolute Gasteiger partial charge is 0.314 e. The van der Waals surface area contributed by atoms with Crippen molar-refractivity contribution >= 4 is 0 Å². The van der Waals surface area contributed by atoms with Gasteiger partial charge >= 0.3 is 0 Å². The van der Waals surface area contributed by atoms with E-state index in [-0.39, 0.29) is 0 Å². The van der Waals surface area contributed by atoms with Crippen molar-refractivity contribution in [1.82, 2.24) is 15.1 Å². The Morgan fingerprint density at radius 2 is 2.00 bits per heavy atom. The molecule has 0 bridgehead atoms. The molecule has 0 aliphatic rings. The maximum Gasteiger partial charge on any atom is 0.0625 e. The van der Waals surface area contributed by atoms with E-state index in [1.165, 1.54) is 31.4 Å². The first-order valence-electron chi connectivity index (χ1n) is 7.98. The van der Waals surface area contributed by atoms with Crippen LogP contribution in [-0.2, 0) is 6.42 Å². The Bertz CT molecular complexity index is 332. The molecule has 1 rings (SSSR count). The summed E-state index contributed by atoms with van der Waals surface area (Å²) in [6.45, 7) is 10.0. The van der Waals surface area contributed by atoms with E-state index in [0.29, 0.717) is 12.1 Å². The molecule has 110 valence electrons. The molecule has 0 aliphatic heterocycles. The number of nitrogens with one attached hydrogen (secondary N) is 1. The minimum absolute atomic E-state index is 0.512. The summed E-state index contributed by atoms with van der Waals surface area (Å²) in [4.78, 5) is 0. The van der Waals surface area contributed by atoms with Gasteiger partial charge in [0.1, 0.15) is 0 Å². The summed E-state index contributed by atoms with van der Waals surface area (Å²) in [6, 6.07) is 3.34. The topological polar surface area (TPSA) is 29.9 Å². The molecule has 0 fully saturated rings. The van der Waals surface area contributed by atoms with Gasteiger partial charge in [-0.2, -0.15) is 5.10 Å². The third-order valence-corrected chi connectivity index (χ3v) is 3.78. The fourth-order valence-electron chi connectivity index (χ4n) is 2.31. The molecule has 0 aromatic carbocycles. The summed E-state index contributed by atoms with van der Waals surface area (Å²) in [6.07, 6.45) is 9.28. The van der Waals surface area contributed by atoms with E-state index in [1.54, 1.807) is 0 Å². The molecule has 19 heavy (non-hydrogen) atoms. The smallest absolute Gasteiger partial charge is 0.0625 e. The Labute approximate surface area is 118 Å². The fraction of sp³-hybridized carbons (Fsp3) is 0.812. The second kappa shape index (κ2) is 9.13. The van der Waals surface area contributed by atoms with Crippen LogP contribution in [0.3, 0.4) is 0 Å². The van der Waals surface area contributed by atoms with Crippen molar-refractivity contribution in [3.63, 3.8) is 0 Å². The molecule has 2 unspecified atom stereocenters. The average molecular weight is 265 g/mol. The minimum atomic E-state index is 0.512. The van der Waals surface area contributed by atoms with Gasteiger partial charge < -0.3 is 5.32 Å². The van der Waals surface area contributed by atoms with Gasteiger partial charge in [0.15, 0.2) is 0 Å². The van der Waals surface area contributed by atoms with Gasteiger partial charge in [0.25, 0.3) is 0 Å². The summed E-state index contributed by atoms with van der Waals surface area (Å²) < 4.78 is 2.10. The number of rotatable bonds is 10. The molecule has 1 heterocycles. The lowest BCUT2D eigenvalue weighted by Gasteiger charge is -2.17. The number of hydrogen-bond donors (Lipinski definition) is 1. The molecule has 0 radical (unpaired) electrons. The van der Waals surface area contributed by atoms with Crippen LogP contribution >= 0.6 is 0 Å². The molecule has 1 aromatic rings. The van der Waals surface area contributed by atoms with Crippen molar-refractivity contribution in [1.29, 1.82) is 0 Å². The van der Waals surface area contributed by atoms with E-state index in [2.05, 4.69) is 55.1 Å². The summed E-state index contributed by atoms with van der Waals surface area (Å²) in [7, 11) is 0. The van der Waals surface area contributed by atoms with Crippen LogP contribution in [0.25, 0.3) is 0 Å². The van der Waals surface area contributed by atoms with Crippen LogP contribution in [0, 0.1) is 0 Å². The van der Waals surface area contributed by atoms with Crippen LogP contribution in [0.5, 0.6) is 0 Å². The molecule has 3 nitrogen and oxygen atoms in total. The predicted octanol–water partition coefficient (Wildman–Crippen LogP) is 3.96. The van der Waals surface area contributed by atoms with Gasteiger partial charge in [-0.1, -0.05) is 27.2 Å². The van der Waals surface area contributed by atoms with Crippen LogP contribution in [0.15, 0.2) is 12.3 Å². The van der Waals surface area contributed by atoms with E-state index < -0.39 is 0 Å². The molecule has 0 saturated heterocycles. The van der Waals surface area contributed by atoms with Gasteiger partial charge in [0.05, 0.1) is 5.69 Å². The van der Waals surface area contributed by atoms with Gasteiger partial charge in [0, 0.05) is 18.3 Å². The molecule has 0 aliphatic carbocycles. The zero-order valence-electron chi connectivity index (χ0n) is 13.2. The van der Waals surface area contributed by atoms with Crippen molar-refractivity contribution in [3.8, 4) is 0 Å². The van der Waals surface area contributed by atoms with Gasteiger partial charge in [-0.25, -0.2) is 0 Å². The third kappa shape index (κ3) is 5.77. The average Bonchev–Trinajstić information content (AvgIpc) is 2.90. The molecule has 0 amide bonds. The van der Waals surface area contributed by atoms with E-state index in [9.17, 15) is 0 Å². The van der Waals surface area contributed by atoms with Gasteiger partial charge in [-0.3, -0.25) is 4.68 Å².